The Balaban J connectivity index is 2.05. The number of rotatable bonds is 4. The standard InChI is InChI=1S/C17H13FO4S/c18-15-4-2-1-3-13(15)16-14(9-22-17(16)19)12-7-5-11(6-8-12)10-23(20)21/h1-8,23H,9-10H2. The SMILES string of the molecule is O=C1OCC(c2ccc(C[SH](=O)=O)cc2)=C1c1ccccc1F. The number of cyclic esters (lactones) is 1. The van der Waals surface area contributed by atoms with Crippen molar-refractivity contribution in [3.63, 3.8) is 0 Å². The summed E-state index contributed by atoms with van der Waals surface area (Å²) in [5, 5.41) is 0. The van der Waals surface area contributed by atoms with Crippen molar-refractivity contribution in [3.05, 3.63) is 71.0 Å². The summed E-state index contributed by atoms with van der Waals surface area (Å²) in [6.07, 6.45) is 0. The van der Waals surface area contributed by atoms with Crippen molar-refractivity contribution in [1.29, 1.82) is 0 Å². The number of esters is 1. The second-order valence-electron chi connectivity index (χ2n) is 5.10. The Kier molecular flexibility index (Phi) is 4.25. The molecule has 1 heterocycles. The maximum absolute atomic E-state index is 14.0. The minimum absolute atomic E-state index is 0.0374. The van der Waals surface area contributed by atoms with Crippen LogP contribution in [0.5, 0.6) is 0 Å². The fourth-order valence-electron chi connectivity index (χ4n) is 2.53. The molecule has 0 spiro atoms. The van der Waals surface area contributed by atoms with Gasteiger partial charge in [0.15, 0.2) is 0 Å². The highest BCUT2D eigenvalue weighted by Gasteiger charge is 2.28. The van der Waals surface area contributed by atoms with E-state index in [2.05, 4.69) is 0 Å². The summed E-state index contributed by atoms with van der Waals surface area (Å²) in [6.45, 7) is 0.0671. The molecule has 0 fully saturated rings. The Morgan fingerprint density at radius 3 is 2.39 bits per heavy atom. The zero-order valence-electron chi connectivity index (χ0n) is 12.0. The lowest BCUT2D eigenvalue weighted by Gasteiger charge is -2.06. The van der Waals surface area contributed by atoms with Gasteiger partial charge in [-0.15, -0.1) is 0 Å². The van der Waals surface area contributed by atoms with Gasteiger partial charge in [-0.3, -0.25) is 0 Å². The van der Waals surface area contributed by atoms with E-state index in [-0.39, 0.29) is 23.5 Å². The molecule has 0 aliphatic carbocycles. The molecule has 3 rings (SSSR count). The lowest BCUT2D eigenvalue weighted by Crippen LogP contribution is -2.00. The average Bonchev–Trinajstić information content (AvgIpc) is 2.90. The van der Waals surface area contributed by atoms with Crippen LogP contribution in [0.1, 0.15) is 16.7 Å². The second-order valence-corrected chi connectivity index (χ2v) is 6.08. The Hall–Kier alpha value is -2.47. The van der Waals surface area contributed by atoms with Gasteiger partial charge in [-0.2, -0.15) is 0 Å². The highest BCUT2D eigenvalue weighted by Crippen LogP contribution is 2.34. The molecule has 0 bridgehead atoms. The van der Waals surface area contributed by atoms with E-state index >= 15 is 0 Å². The monoisotopic (exact) mass is 332 g/mol. The molecule has 6 heteroatoms. The van der Waals surface area contributed by atoms with Gasteiger partial charge in [0.05, 0.1) is 11.3 Å². The lowest BCUT2D eigenvalue weighted by atomic mass is 9.96. The maximum atomic E-state index is 14.0. The molecule has 1 aliphatic rings. The quantitative estimate of drug-likeness (QED) is 0.690. The third-order valence-corrected chi connectivity index (χ3v) is 4.23. The first-order chi connectivity index (χ1) is 11.1. The van der Waals surface area contributed by atoms with E-state index in [9.17, 15) is 17.6 Å². The molecule has 118 valence electrons. The van der Waals surface area contributed by atoms with Crippen molar-refractivity contribution >= 4 is 27.8 Å². The van der Waals surface area contributed by atoms with Crippen molar-refractivity contribution in [2.24, 2.45) is 0 Å². The van der Waals surface area contributed by atoms with Gasteiger partial charge in [0.1, 0.15) is 23.1 Å². The number of hydrogen-bond donors (Lipinski definition) is 1. The molecule has 0 amide bonds. The van der Waals surface area contributed by atoms with Crippen molar-refractivity contribution in [2.45, 2.75) is 5.75 Å². The van der Waals surface area contributed by atoms with E-state index < -0.39 is 22.5 Å². The number of ether oxygens (including phenoxy) is 1. The Bertz CT molecular complexity index is 858. The Morgan fingerprint density at radius 1 is 1.04 bits per heavy atom. The molecule has 0 aromatic heterocycles. The summed E-state index contributed by atoms with van der Waals surface area (Å²) in [7, 11) is -2.49. The molecule has 1 aliphatic heterocycles. The molecule has 0 radical (unpaired) electrons. The fourth-order valence-corrected chi connectivity index (χ4v) is 3.04. The normalized spacial score (nSPS) is 14.4. The summed E-state index contributed by atoms with van der Waals surface area (Å²) in [5.74, 6) is -1.08. The Labute approximate surface area is 134 Å². The van der Waals surface area contributed by atoms with Gasteiger partial charge in [0.2, 0.25) is 0 Å². The molecule has 4 nitrogen and oxygen atoms in total. The van der Waals surface area contributed by atoms with Gasteiger partial charge in [-0.1, -0.05) is 42.5 Å². The predicted octanol–water partition coefficient (Wildman–Crippen LogP) is 2.40. The molecule has 0 saturated heterocycles. The molecule has 0 saturated carbocycles. The van der Waals surface area contributed by atoms with Crippen molar-refractivity contribution in [1.82, 2.24) is 0 Å². The largest absolute Gasteiger partial charge is 0.457 e. The highest BCUT2D eigenvalue weighted by atomic mass is 32.2. The van der Waals surface area contributed by atoms with E-state index in [1.165, 1.54) is 12.1 Å². The molecule has 23 heavy (non-hydrogen) atoms. The van der Waals surface area contributed by atoms with Crippen LogP contribution in [0.4, 0.5) is 4.39 Å². The number of hydrogen-bond acceptors (Lipinski definition) is 4. The first-order valence-electron chi connectivity index (χ1n) is 6.92. The summed E-state index contributed by atoms with van der Waals surface area (Å²) in [6, 6.07) is 12.8. The Morgan fingerprint density at radius 2 is 1.74 bits per heavy atom. The number of thiol groups is 1. The van der Waals surface area contributed by atoms with Crippen LogP contribution >= 0.6 is 0 Å². The summed E-state index contributed by atoms with van der Waals surface area (Å²) >= 11 is 0. The van der Waals surface area contributed by atoms with Crippen LogP contribution in [0, 0.1) is 5.82 Å². The van der Waals surface area contributed by atoms with E-state index in [1.807, 2.05) is 0 Å². The second kappa shape index (κ2) is 6.34. The van der Waals surface area contributed by atoms with Crippen LogP contribution in [0.25, 0.3) is 11.1 Å². The van der Waals surface area contributed by atoms with Gasteiger partial charge in [0.25, 0.3) is 0 Å². The van der Waals surface area contributed by atoms with E-state index in [0.717, 1.165) is 0 Å². The number of halogens is 1. The minimum Gasteiger partial charge on any atom is -0.457 e. The average molecular weight is 332 g/mol. The fraction of sp³-hybridized carbons (Fsp3) is 0.118. The van der Waals surface area contributed by atoms with Crippen LogP contribution < -0.4 is 0 Å². The number of carbonyl (C=O) groups excluding carboxylic acids is 1. The predicted molar refractivity (Wildman–Crippen MR) is 84.6 cm³/mol. The first-order valence-corrected chi connectivity index (χ1v) is 8.29. The van der Waals surface area contributed by atoms with Crippen LogP contribution in [-0.2, 0) is 26.0 Å². The molecule has 2 aromatic rings. The van der Waals surface area contributed by atoms with Gasteiger partial charge in [0, 0.05) is 11.1 Å². The lowest BCUT2D eigenvalue weighted by molar-refractivity contribution is -0.133. The van der Waals surface area contributed by atoms with E-state index in [1.54, 1.807) is 36.4 Å². The van der Waals surface area contributed by atoms with Crippen LogP contribution in [0.2, 0.25) is 0 Å². The topological polar surface area (TPSA) is 60.4 Å². The minimum atomic E-state index is -2.49. The zero-order chi connectivity index (χ0) is 16.4. The van der Waals surface area contributed by atoms with Gasteiger partial charge < -0.3 is 4.74 Å². The van der Waals surface area contributed by atoms with Gasteiger partial charge >= 0.3 is 5.97 Å². The van der Waals surface area contributed by atoms with Crippen LogP contribution in [-0.4, -0.2) is 21.0 Å². The van der Waals surface area contributed by atoms with Crippen molar-refractivity contribution < 1.29 is 22.3 Å². The van der Waals surface area contributed by atoms with Crippen LogP contribution in [0.3, 0.4) is 0 Å². The van der Waals surface area contributed by atoms with Crippen molar-refractivity contribution in [2.75, 3.05) is 6.61 Å². The summed E-state index contributed by atoms with van der Waals surface area (Å²) < 4.78 is 40.6. The highest BCUT2D eigenvalue weighted by molar-refractivity contribution is 7.71. The van der Waals surface area contributed by atoms with Crippen LogP contribution in [0.15, 0.2) is 48.5 Å². The van der Waals surface area contributed by atoms with Gasteiger partial charge in [-0.25, -0.2) is 17.6 Å². The molecule has 0 atom stereocenters. The summed E-state index contributed by atoms with van der Waals surface area (Å²) in [5.41, 5.74) is 2.38. The van der Waals surface area contributed by atoms with Crippen molar-refractivity contribution in [3.8, 4) is 0 Å². The van der Waals surface area contributed by atoms with E-state index in [4.69, 9.17) is 4.74 Å². The maximum Gasteiger partial charge on any atom is 0.339 e. The molecule has 2 aromatic carbocycles. The smallest absolute Gasteiger partial charge is 0.339 e. The number of carbonyl (C=O) groups is 1. The third kappa shape index (κ3) is 3.17. The molecule has 0 unspecified atom stereocenters. The molecular formula is C17H13FO4S. The third-order valence-electron chi connectivity index (χ3n) is 3.61. The van der Waals surface area contributed by atoms with Gasteiger partial charge in [-0.05, 0) is 17.2 Å². The first kappa shape index (κ1) is 15.4. The number of benzene rings is 2. The van der Waals surface area contributed by atoms with E-state index in [0.29, 0.717) is 16.7 Å². The molecular weight excluding hydrogens is 319 g/mol. The summed E-state index contributed by atoms with van der Waals surface area (Å²) in [4.78, 5) is 12.0. The zero-order valence-corrected chi connectivity index (χ0v) is 12.9. The molecule has 0 N–H and O–H groups in total.